The Labute approximate surface area is 123 Å². The summed E-state index contributed by atoms with van der Waals surface area (Å²) in [7, 11) is 0. The summed E-state index contributed by atoms with van der Waals surface area (Å²) in [5.74, 6) is 1.94. The van der Waals surface area contributed by atoms with Gasteiger partial charge in [-0.1, -0.05) is 36.8 Å². The molecule has 1 nitrogen and oxygen atoms in total. The van der Waals surface area contributed by atoms with Gasteiger partial charge < -0.3 is 4.90 Å². The molecular weight excluding hydrogens is 250 g/mol. The van der Waals surface area contributed by atoms with Gasteiger partial charge in [0.1, 0.15) is 0 Å². The zero-order chi connectivity index (χ0) is 13.3. The Morgan fingerprint density at radius 3 is 2.42 bits per heavy atom. The number of hydrogen-bond acceptors (Lipinski definition) is 2. The van der Waals surface area contributed by atoms with Crippen LogP contribution in [0.5, 0.6) is 0 Å². The van der Waals surface area contributed by atoms with Crippen LogP contribution in [0.2, 0.25) is 0 Å². The predicted molar refractivity (Wildman–Crippen MR) is 87.0 cm³/mol. The van der Waals surface area contributed by atoms with Crippen molar-refractivity contribution in [2.75, 3.05) is 25.4 Å². The van der Waals surface area contributed by atoms with E-state index in [9.17, 15) is 0 Å². The Kier molecular flexibility index (Phi) is 6.80. The molecular formula is C17H27NS. The molecule has 0 saturated carbocycles. The van der Waals surface area contributed by atoms with Crippen LogP contribution < -0.4 is 0 Å². The summed E-state index contributed by atoms with van der Waals surface area (Å²) in [5, 5.41) is 0. The third kappa shape index (κ3) is 5.58. The standard InChI is InChI=1S/C17H27NS/c19-14-6-2-5-11-18-12-9-17(10-13-18)15-16-7-3-1-4-8-16/h1,3-4,7-8,17,19H,2,5-6,9-15H2. The van der Waals surface area contributed by atoms with E-state index in [2.05, 4.69) is 47.9 Å². The molecule has 1 fully saturated rings. The molecule has 1 aliphatic heterocycles. The fourth-order valence-electron chi connectivity index (χ4n) is 2.99. The molecule has 0 atom stereocenters. The fourth-order valence-corrected chi connectivity index (χ4v) is 3.21. The number of unbranched alkanes of at least 4 members (excludes halogenated alkanes) is 2. The van der Waals surface area contributed by atoms with Gasteiger partial charge in [0.05, 0.1) is 0 Å². The topological polar surface area (TPSA) is 3.24 Å². The van der Waals surface area contributed by atoms with Gasteiger partial charge in [0.25, 0.3) is 0 Å². The number of piperidine rings is 1. The predicted octanol–water partition coefficient (Wildman–Crippen LogP) is 4.04. The SMILES string of the molecule is SCCCCCN1CCC(Cc2ccccc2)CC1. The van der Waals surface area contributed by atoms with Crippen molar-refractivity contribution in [3.05, 3.63) is 35.9 Å². The number of thiol groups is 1. The van der Waals surface area contributed by atoms with Gasteiger partial charge in [0.2, 0.25) is 0 Å². The molecule has 0 aliphatic carbocycles. The smallest absolute Gasteiger partial charge is 0.00160 e. The summed E-state index contributed by atoms with van der Waals surface area (Å²) in [4.78, 5) is 2.65. The molecule has 19 heavy (non-hydrogen) atoms. The first-order valence-electron chi connectivity index (χ1n) is 7.75. The minimum absolute atomic E-state index is 0.899. The van der Waals surface area contributed by atoms with Crippen LogP contribution in [0.25, 0.3) is 0 Å². The average Bonchev–Trinajstić information content (AvgIpc) is 2.46. The van der Waals surface area contributed by atoms with Crippen molar-refractivity contribution in [1.29, 1.82) is 0 Å². The van der Waals surface area contributed by atoms with Crippen molar-refractivity contribution < 1.29 is 0 Å². The van der Waals surface area contributed by atoms with Crippen LogP contribution in [0.3, 0.4) is 0 Å². The number of rotatable bonds is 7. The highest BCUT2D eigenvalue weighted by molar-refractivity contribution is 7.80. The van der Waals surface area contributed by atoms with Crippen LogP contribution in [0, 0.1) is 5.92 Å². The molecule has 1 saturated heterocycles. The monoisotopic (exact) mass is 277 g/mol. The Hall–Kier alpha value is -0.470. The van der Waals surface area contributed by atoms with Gasteiger partial charge in [-0.15, -0.1) is 0 Å². The minimum Gasteiger partial charge on any atom is -0.303 e. The second kappa shape index (κ2) is 8.65. The molecule has 2 heteroatoms. The first-order valence-corrected chi connectivity index (χ1v) is 8.39. The highest BCUT2D eigenvalue weighted by atomic mass is 32.1. The van der Waals surface area contributed by atoms with E-state index in [4.69, 9.17) is 0 Å². The molecule has 106 valence electrons. The highest BCUT2D eigenvalue weighted by Gasteiger charge is 2.18. The lowest BCUT2D eigenvalue weighted by molar-refractivity contribution is 0.181. The number of likely N-dealkylation sites (tertiary alicyclic amines) is 1. The maximum Gasteiger partial charge on any atom is -0.00160 e. The molecule has 0 bridgehead atoms. The van der Waals surface area contributed by atoms with Crippen LogP contribution in [-0.2, 0) is 6.42 Å². The van der Waals surface area contributed by atoms with Crippen LogP contribution in [0.15, 0.2) is 30.3 Å². The van der Waals surface area contributed by atoms with E-state index < -0.39 is 0 Å². The molecule has 0 unspecified atom stereocenters. The lowest BCUT2D eigenvalue weighted by atomic mass is 9.90. The van der Waals surface area contributed by atoms with E-state index in [0.29, 0.717) is 0 Å². The molecule has 0 N–H and O–H groups in total. The van der Waals surface area contributed by atoms with Gasteiger partial charge in [0.15, 0.2) is 0 Å². The normalized spacial score (nSPS) is 17.7. The Morgan fingerprint density at radius 1 is 1.00 bits per heavy atom. The van der Waals surface area contributed by atoms with Crippen molar-refractivity contribution in [3.63, 3.8) is 0 Å². The van der Waals surface area contributed by atoms with Gasteiger partial charge in [-0.25, -0.2) is 0 Å². The van der Waals surface area contributed by atoms with E-state index in [0.717, 1.165) is 11.7 Å². The minimum atomic E-state index is 0.899. The summed E-state index contributed by atoms with van der Waals surface area (Å²) in [6.45, 7) is 3.91. The van der Waals surface area contributed by atoms with Gasteiger partial charge in [-0.05, 0) is 69.0 Å². The van der Waals surface area contributed by atoms with Crippen molar-refractivity contribution >= 4 is 12.6 Å². The number of benzene rings is 1. The molecule has 1 heterocycles. The van der Waals surface area contributed by atoms with Crippen molar-refractivity contribution in [3.8, 4) is 0 Å². The van der Waals surface area contributed by atoms with E-state index in [1.807, 2.05) is 0 Å². The Bertz CT molecular complexity index is 330. The first kappa shape index (κ1) is 14.9. The van der Waals surface area contributed by atoms with Crippen LogP contribution in [0.1, 0.15) is 37.7 Å². The lowest BCUT2D eigenvalue weighted by Crippen LogP contribution is -2.35. The molecule has 0 amide bonds. The lowest BCUT2D eigenvalue weighted by Gasteiger charge is -2.32. The van der Waals surface area contributed by atoms with E-state index >= 15 is 0 Å². The zero-order valence-corrected chi connectivity index (χ0v) is 12.8. The van der Waals surface area contributed by atoms with E-state index in [-0.39, 0.29) is 0 Å². The average molecular weight is 277 g/mol. The molecule has 1 aromatic carbocycles. The zero-order valence-electron chi connectivity index (χ0n) is 11.9. The largest absolute Gasteiger partial charge is 0.303 e. The number of nitrogens with zero attached hydrogens (tertiary/aromatic N) is 1. The summed E-state index contributed by atoms with van der Waals surface area (Å²) in [6.07, 6.45) is 7.99. The van der Waals surface area contributed by atoms with Gasteiger partial charge in [-0.3, -0.25) is 0 Å². The van der Waals surface area contributed by atoms with Crippen LogP contribution >= 0.6 is 12.6 Å². The third-order valence-electron chi connectivity index (χ3n) is 4.21. The van der Waals surface area contributed by atoms with Crippen LogP contribution in [-0.4, -0.2) is 30.3 Å². The summed E-state index contributed by atoms with van der Waals surface area (Å²) in [5.41, 5.74) is 1.51. The van der Waals surface area contributed by atoms with Crippen molar-refractivity contribution in [1.82, 2.24) is 4.90 Å². The van der Waals surface area contributed by atoms with Gasteiger partial charge >= 0.3 is 0 Å². The molecule has 0 spiro atoms. The second-order valence-electron chi connectivity index (χ2n) is 5.76. The fraction of sp³-hybridized carbons (Fsp3) is 0.647. The molecule has 0 radical (unpaired) electrons. The molecule has 1 aromatic rings. The Morgan fingerprint density at radius 2 is 1.74 bits per heavy atom. The first-order chi connectivity index (χ1) is 9.38. The van der Waals surface area contributed by atoms with Gasteiger partial charge in [-0.2, -0.15) is 12.6 Å². The summed E-state index contributed by atoms with van der Waals surface area (Å²) < 4.78 is 0. The van der Waals surface area contributed by atoms with E-state index in [1.54, 1.807) is 0 Å². The van der Waals surface area contributed by atoms with Crippen molar-refractivity contribution in [2.24, 2.45) is 5.92 Å². The summed E-state index contributed by atoms with van der Waals surface area (Å²) >= 11 is 4.27. The molecule has 0 aromatic heterocycles. The second-order valence-corrected chi connectivity index (χ2v) is 6.21. The van der Waals surface area contributed by atoms with E-state index in [1.165, 1.54) is 63.7 Å². The molecule has 1 aliphatic rings. The third-order valence-corrected chi connectivity index (χ3v) is 4.52. The molecule has 2 rings (SSSR count). The highest BCUT2D eigenvalue weighted by Crippen LogP contribution is 2.21. The maximum atomic E-state index is 4.27. The van der Waals surface area contributed by atoms with Gasteiger partial charge in [0, 0.05) is 0 Å². The maximum absolute atomic E-state index is 4.27. The quantitative estimate of drug-likeness (QED) is 0.581. The van der Waals surface area contributed by atoms with Crippen LogP contribution in [0.4, 0.5) is 0 Å². The summed E-state index contributed by atoms with van der Waals surface area (Å²) in [6, 6.07) is 11.0. The van der Waals surface area contributed by atoms with Crippen molar-refractivity contribution in [2.45, 2.75) is 38.5 Å². The Balaban J connectivity index is 1.62. The number of hydrogen-bond donors (Lipinski definition) is 1.